The molecule has 0 bridgehead atoms. The molecule has 1 heterocycles. The third-order valence-corrected chi connectivity index (χ3v) is 1.81. The molecule has 0 saturated carbocycles. The van der Waals surface area contributed by atoms with Crippen molar-refractivity contribution in [3.63, 3.8) is 0 Å². The second kappa shape index (κ2) is 2.02. The highest BCUT2D eigenvalue weighted by Crippen LogP contribution is 2.17. The van der Waals surface area contributed by atoms with Crippen molar-refractivity contribution in [1.29, 1.82) is 0 Å². The fourth-order valence-electron chi connectivity index (χ4n) is 1.25. The van der Waals surface area contributed by atoms with Gasteiger partial charge < -0.3 is 5.21 Å². The number of nitrogens with zero attached hydrogens (tertiary/aromatic N) is 1. The van der Waals surface area contributed by atoms with Gasteiger partial charge in [-0.15, -0.1) is 0 Å². The molecule has 1 N–H and O–H groups in total. The standard InChI is InChI=1S/C9H8NO/c1-7-6-10(11)9-5-3-2-4-8(7)9/h2-5,11H,1H3. The van der Waals surface area contributed by atoms with Crippen molar-refractivity contribution in [2.45, 2.75) is 6.92 Å². The first-order chi connectivity index (χ1) is 5.29. The predicted molar refractivity (Wildman–Crippen MR) is 42.7 cm³/mol. The maximum absolute atomic E-state index is 9.25. The molecule has 2 aromatic rings. The van der Waals surface area contributed by atoms with Crippen LogP contribution in [-0.2, 0) is 0 Å². The van der Waals surface area contributed by atoms with Gasteiger partial charge in [0.25, 0.3) is 0 Å². The Morgan fingerprint density at radius 3 is 2.82 bits per heavy atom. The van der Waals surface area contributed by atoms with E-state index in [1.165, 1.54) is 0 Å². The summed E-state index contributed by atoms with van der Waals surface area (Å²) >= 11 is 0. The lowest BCUT2D eigenvalue weighted by molar-refractivity contribution is 0.197. The Morgan fingerprint density at radius 2 is 2.09 bits per heavy atom. The summed E-state index contributed by atoms with van der Waals surface area (Å²) in [6.45, 7) is 1.93. The first-order valence-corrected chi connectivity index (χ1v) is 3.47. The predicted octanol–water partition coefficient (Wildman–Crippen LogP) is 1.99. The van der Waals surface area contributed by atoms with Crippen LogP contribution >= 0.6 is 0 Å². The van der Waals surface area contributed by atoms with Gasteiger partial charge in [0, 0.05) is 5.39 Å². The summed E-state index contributed by atoms with van der Waals surface area (Å²) in [6, 6.07) is 7.66. The molecule has 0 fully saturated rings. The van der Waals surface area contributed by atoms with Crippen LogP contribution in [0.25, 0.3) is 10.9 Å². The highest BCUT2D eigenvalue weighted by molar-refractivity contribution is 5.82. The van der Waals surface area contributed by atoms with E-state index in [-0.39, 0.29) is 0 Å². The zero-order valence-corrected chi connectivity index (χ0v) is 6.20. The van der Waals surface area contributed by atoms with E-state index in [0.717, 1.165) is 21.2 Å². The van der Waals surface area contributed by atoms with Gasteiger partial charge in [-0.2, -0.15) is 4.73 Å². The first kappa shape index (κ1) is 6.28. The Labute approximate surface area is 64.6 Å². The minimum absolute atomic E-state index is 0.810. The van der Waals surface area contributed by atoms with Gasteiger partial charge in [-0.1, -0.05) is 18.2 Å². The maximum atomic E-state index is 9.25. The SMILES string of the molecule is Cc1[c]n(O)c2ccccc12. The average Bonchev–Trinajstić information content (AvgIpc) is 2.30. The first-order valence-electron chi connectivity index (χ1n) is 3.47. The summed E-state index contributed by atoms with van der Waals surface area (Å²) in [6.07, 6.45) is 2.79. The smallest absolute Gasteiger partial charge is 0.111 e. The summed E-state index contributed by atoms with van der Waals surface area (Å²) in [5, 5.41) is 10.3. The van der Waals surface area contributed by atoms with Crippen LogP contribution < -0.4 is 0 Å². The molecule has 1 aromatic carbocycles. The molecule has 11 heavy (non-hydrogen) atoms. The van der Waals surface area contributed by atoms with Crippen molar-refractivity contribution in [2.75, 3.05) is 0 Å². The van der Waals surface area contributed by atoms with Crippen molar-refractivity contribution < 1.29 is 5.21 Å². The molecule has 2 heteroatoms. The third kappa shape index (κ3) is 0.792. The van der Waals surface area contributed by atoms with Gasteiger partial charge in [0.05, 0.1) is 5.52 Å². The number of aryl methyl sites for hydroxylation is 1. The van der Waals surface area contributed by atoms with Gasteiger partial charge in [0.1, 0.15) is 6.20 Å². The van der Waals surface area contributed by atoms with Crippen molar-refractivity contribution >= 4 is 10.9 Å². The summed E-state index contributed by atoms with van der Waals surface area (Å²) in [7, 11) is 0. The molecular formula is C9H8NO. The fourth-order valence-corrected chi connectivity index (χ4v) is 1.25. The van der Waals surface area contributed by atoms with E-state index >= 15 is 0 Å². The van der Waals surface area contributed by atoms with Gasteiger partial charge in [0.15, 0.2) is 0 Å². The molecule has 0 aliphatic carbocycles. The van der Waals surface area contributed by atoms with Gasteiger partial charge in [0.2, 0.25) is 0 Å². The normalized spacial score (nSPS) is 10.6. The van der Waals surface area contributed by atoms with Crippen LogP contribution in [0, 0.1) is 13.1 Å². The largest absolute Gasteiger partial charge is 0.428 e. The molecule has 0 amide bonds. The van der Waals surface area contributed by atoms with Crippen LogP contribution in [0.4, 0.5) is 0 Å². The molecule has 55 valence electrons. The lowest BCUT2D eigenvalue weighted by Crippen LogP contribution is -1.84. The quantitative estimate of drug-likeness (QED) is 0.565. The number of fused-ring (bicyclic) bond motifs is 1. The van der Waals surface area contributed by atoms with E-state index in [9.17, 15) is 5.21 Å². The lowest BCUT2D eigenvalue weighted by atomic mass is 10.2. The topological polar surface area (TPSA) is 25.2 Å². The number of hydrogen-bond acceptors (Lipinski definition) is 1. The molecular weight excluding hydrogens is 138 g/mol. The fraction of sp³-hybridized carbons (Fsp3) is 0.111. The molecule has 0 saturated heterocycles. The number of hydrogen-bond donors (Lipinski definition) is 1. The molecule has 0 atom stereocenters. The molecule has 2 nitrogen and oxygen atoms in total. The molecule has 2 rings (SSSR count). The van der Waals surface area contributed by atoms with Crippen LogP contribution in [0.3, 0.4) is 0 Å². The number of rotatable bonds is 0. The van der Waals surface area contributed by atoms with E-state index in [2.05, 4.69) is 6.20 Å². The van der Waals surface area contributed by atoms with Gasteiger partial charge in [-0.3, -0.25) is 0 Å². The monoisotopic (exact) mass is 146 g/mol. The van der Waals surface area contributed by atoms with Crippen molar-refractivity contribution in [3.8, 4) is 0 Å². The van der Waals surface area contributed by atoms with Crippen LogP contribution in [-0.4, -0.2) is 9.94 Å². The average molecular weight is 146 g/mol. The number of para-hydroxylation sites is 1. The zero-order valence-electron chi connectivity index (χ0n) is 6.20. The summed E-state index contributed by atoms with van der Waals surface area (Å²) in [5.41, 5.74) is 1.79. The van der Waals surface area contributed by atoms with Gasteiger partial charge in [-0.05, 0) is 18.6 Å². The number of benzene rings is 1. The van der Waals surface area contributed by atoms with E-state index in [1.807, 2.05) is 31.2 Å². The van der Waals surface area contributed by atoms with Gasteiger partial charge in [-0.25, -0.2) is 0 Å². The highest BCUT2D eigenvalue weighted by Gasteiger charge is 2.01. The molecule has 0 aliphatic rings. The van der Waals surface area contributed by atoms with E-state index in [0.29, 0.717) is 0 Å². The Balaban J connectivity index is 2.95. The van der Waals surface area contributed by atoms with Crippen LogP contribution in [0.2, 0.25) is 0 Å². The molecule has 1 aromatic heterocycles. The minimum Gasteiger partial charge on any atom is -0.428 e. The molecule has 0 unspecified atom stereocenters. The zero-order chi connectivity index (χ0) is 7.84. The van der Waals surface area contributed by atoms with E-state index < -0.39 is 0 Å². The minimum atomic E-state index is 0.810. The van der Waals surface area contributed by atoms with Crippen molar-refractivity contribution in [3.05, 3.63) is 36.0 Å². The Kier molecular flexibility index (Phi) is 1.15. The second-order valence-electron chi connectivity index (χ2n) is 2.57. The summed E-state index contributed by atoms with van der Waals surface area (Å²) in [5.74, 6) is 0. The lowest BCUT2D eigenvalue weighted by Gasteiger charge is -1.91. The number of aromatic nitrogens is 1. The van der Waals surface area contributed by atoms with Crippen molar-refractivity contribution in [1.82, 2.24) is 4.73 Å². The Morgan fingerprint density at radius 1 is 1.36 bits per heavy atom. The molecule has 0 spiro atoms. The molecule has 0 aliphatic heterocycles. The highest BCUT2D eigenvalue weighted by atomic mass is 16.5. The van der Waals surface area contributed by atoms with Crippen LogP contribution in [0.5, 0.6) is 0 Å². The van der Waals surface area contributed by atoms with Crippen LogP contribution in [0.15, 0.2) is 24.3 Å². The summed E-state index contributed by atoms with van der Waals surface area (Å²) in [4.78, 5) is 0. The van der Waals surface area contributed by atoms with Crippen molar-refractivity contribution in [2.24, 2.45) is 0 Å². The van der Waals surface area contributed by atoms with Crippen LogP contribution in [0.1, 0.15) is 5.56 Å². The van der Waals surface area contributed by atoms with Gasteiger partial charge >= 0.3 is 0 Å². The van der Waals surface area contributed by atoms with E-state index in [4.69, 9.17) is 0 Å². The third-order valence-electron chi connectivity index (χ3n) is 1.81. The molecule has 1 radical (unpaired) electrons. The Hall–Kier alpha value is -1.44. The summed E-state index contributed by atoms with van der Waals surface area (Å²) < 4.78 is 1.03. The van der Waals surface area contributed by atoms with E-state index in [1.54, 1.807) is 0 Å². The second-order valence-corrected chi connectivity index (χ2v) is 2.57. The maximum Gasteiger partial charge on any atom is 0.111 e. The Bertz CT molecular complexity index is 353.